The highest BCUT2D eigenvalue weighted by atomic mass is 32.1. The Bertz CT molecular complexity index is 250. The molecule has 3 nitrogen and oxygen atoms in total. The molecule has 1 aromatic heterocycles. The molecule has 0 saturated heterocycles. The van der Waals surface area contributed by atoms with Crippen LogP contribution in [0.25, 0.3) is 0 Å². The molecular weight excluding hydrogens is 196 g/mol. The van der Waals surface area contributed by atoms with E-state index in [9.17, 15) is 0 Å². The van der Waals surface area contributed by atoms with Crippen LogP contribution in [0.15, 0.2) is 5.51 Å². The number of rotatable bonds is 7. The molecule has 0 spiro atoms. The number of aromatic nitrogens is 1. The zero-order valence-corrected chi connectivity index (χ0v) is 9.44. The Labute approximate surface area is 89.2 Å². The summed E-state index contributed by atoms with van der Waals surface area (Å²) in [7, 11) is 0. The van der Waals surface area contributed by atoms with Crippen molar-refractivity contribution in [1.29, 1.82) is 0 Å². The van der Waals surface area contributed by atoms with Gasteiger partial charge in [-0.05, 0) is 32.7 Å². The second-order valence-electron chi connectivity index (χ2n) is 3.29. The first-order valence-corrected chi connectivity index (χ1v) is 5.93. The number of aryl methyl sites for hydroxylation is 1. The molecule has 0 fully saturated rings. The van der Waals surface area contributed by atoms with E-state index in [1.165, 1.54) is 4.88 Å². The van der Waals surface area contributed by atoms with Crippen LogP contribution in [0.2, 0.25) is 0 Å². The Morgan fingerprint density at radius 3 is 2.93 bits per heavy atom. The molecule has 1 heterocycles. The summed E-state index contributed by atoms with van der Waals surface area (Å²) in [5.74, 6) is 0. The van der Waals surface area contributed by atoms with Gasteiger partial charge in [0, 0.05) is 18.0 Å². The van der Waals surface area contributed by atoms with Gasteiger partial charge in [-0.1, -0.05) is 0 Å². The van der Waals surface area contributed by atoms with Gasteiger partial charge in [-0.3, -0.25) is 0 Å². The molecule has 0 unspecified atom stereocenters. The maximum absolute atomic E-state index is 8.58. The van der Waals surface area contributed by atoms with Crippen molar-refractivity contribution in [1.82, 2.24) is 10.3 Å². The molecule has 0 radical (unpaired) electrons. The number of aliphatic hydroxyl groups is 1. The Morgan fingerprint density at radius 2 is 2.29 bits per heavy atom. The van der Waals surface area contributed by atoms with Crippen molar-refractivity contribution in [2.75, 3.05) is 19.7 Å². The van der Waals surface area contributed by atoms with Crippen molar-refractivity contribution in [3.63, 3.8) is 0 Å². The average molecular weight is 214 g/mol. The lowest BCUT2D eigenvalue weighted by Crippen LogP contribution is -2.18. The van der Waals surface area contributed by atoms with Gasteiger partial charge >= 0.3 is 0 Å². The first-order valence-electron chi connectivity index (χ1n) is 5.05. The van der Waals surface area contributed by atoms with Gasteiger partial charge in [-0.15, -0.1) is 11.3 Å². The van der Waals surface area contributed by atoms with E-state index in [0.29, 0.717) is 6.61 Å². The maximum atomic E-state index is 8.58. The second kappa shape index (κ2) is 6.92. The zero-order chi connectivity index (χ0) is 10.2. The summed E-state index contributed by atoms with van der Waals surface area (Å²) in [6.45, 7) is 4.36. The predicted octanol–water partition coefficient (Wildman–Crippen LogP) is 1.36. The molecule has 0 aromatic carbocycles. The zero-order valence-electron chi connectivity index (χ0n) is 8.62. The minimum Gasteiger partial charge on any atom is -0.396 e. The molecule has 0 aliphatic carbocycles. The molecule has 0 saturated carbocycles. The van der Waals surface area contributed by atoms with Crippen LogP contribution in [-0.2, 0) is 6.42 Å². The van der Waals surface area contributed by atoms with E-state index in [0.717, 1.165) is 38.0 Å². The summed E-state index contributed by atoms with van der Waals surface area (Å²) in [6, 6.07) is 0. The molecule has 2 N–H and O–H groups in total. The summed E-state index contributed by atoms with van der Waals surface area (Å²) in [5, 5.41) is 11.9. The van der Waals surface area contributed by atoms with E-state index >= 15 is 0 Å². The Kier molecular flexibility index (Phi) is 5.75. The fraction of sp³-hybridized carbons (Fsp3) is 0.700. The van der Waals surface area contributed by atoms with Gasteiger partial charge in [0.1, 0.15) is 0 Å². The quantitative estimate of drug-likeness (QED) is 0.674. The topological polar surface area (TPSA) is 45.2 Å². The van der Waals surface area contributed by atoms with Crippen molar-refractivity contribution in [3.8, 4) is 0 Å². The third-order valence-electron chi connectivity index (χ3n) is 2.14. The van der Waals surface area contributed by atoms with Gasteiger partial charge in [0.15, 0.2) is 0 Å². The van der Waals surface area contributed by atoms with Gasteiger partial charge in [0.25, 0.3) is 0 Å². The van der Waals surface area contributed by atoms with E-state index in [-0.39, 0.29) is 0 Å². The fourth-order valence-corrected chi connectivity index (χ4v) is 2.04. The fourth-order valence-electron chi connectivity index (χ4n) is 1.25. The van der Waals surface area contributed by atoms with Crippen molar-refractivity contribution >= 4 is 11.3 Å². The van der Waals surface area contributed by atoms with Crippen molar-refractivity contribution < 1.29 is 5.11 Å². The monoisotopic (exact) mass is 214 g/mol. The number of hydrogen-bond donors (Lipinski definition) is 2. The highest BCUT2D eigenvalue weighted by Crippen LogP contribution is 2.11. The molecule has 0 aliphatic rings. The van der Waals surface area contributed by atoms with Crippen LogP contribution in [-0.4, -0.2) is 29.8 Å². The Balaban J connectivity index is 2.02. The first-order chi connectivity index (χ1) is 6.84. The first kappa shape index (κ1) is 11.6. The lowest BCUT2D eigenvalue weighted by molar-refractivity contribution is 0.284. The molecule has 4 heteroatoms. The minimum atomic E-state index is 0.301. The number of thiazole rings is 1. The van der Waals surface area contributed by atoms with Crippen LogP contribution >= 0.6 is 11.3 Å². The number of hydrogen-bond acceptors (Lipinski definition) is 4. The van der Waals surface area contributed by atoms with E-state index in [4.69, 9.17) is 5.11 Å². The van der Waals surface area contributed by atoms with Crippen LogP contribution in [0.5, 0.6) is 0 Å². The maximum Gasteiger partial charge on any atom is 0.0797 e. The summed E-state index contributed by atoms with van der Waals surface area (Å²) >= 11 is 1.73. The number of aliphatic hydroxyl groups excluding tert-OH is 1. The molecular formula is C10H18N2OS. The lowest BCUT2D eigenvalue weighted by atomic mass is 10.3. The molecule has 0 amide bonds. The van der Waals surface area contributed by atoms with Crippen LogP contribution in [0.4, 0.5) is 0 Å². The normalized spacial score (nSPS) is 10.7. The van der Waals surface area contributed by atoms with E-state index in [1.807, 2.05) is 5.51 Å². The Hall–Kier alpha value is -0.450. The third-order valence-corrected chi connectivity index (χ3v) is 3.13. The molecule has 0 aliphatic heterocycles. The summed E-state index contributed by atoms with van der Waals surface area (Å²) in [4.78, 5) is 5.58. The van der Waals surface area contributed by atoms with E-state index in [2.05, 4.69) is 17.2 Å². The van der Waals surface area contributed by atoms with Crippen molar-refractivity contribution in [2.45, 2.75) is 26.2 Å². The van der Waals surface area contributed by atoms with E-state index < -0.39 is 0 Å². The van der Waals surface area contributed by atoms with Gasteiger partial charge in [0.05, 0.1) is 11.2 Å². The van der Waals surface area contributed by atoms with Crippen LogP contribution in [0.1, 0.15) is 23.4 Å². The van der Waals surface area contributed by atoms with Crippen LogP contribution in [0, 0.1) is 6.92 Å². The lowest BCUT2D eigenvalue weighted by Gasteiger charge is -2.02. The molecule has 80 valence electrons. The SMILES string of the molecule is Cc1ncsc1CCNCCCCO. The van der Waals surface area contributed by atoms with Gasteiger partial charge in [-0.25, -0.2) is 4.98 Å². The summed E-state index contributed by atoms with van der Waals surface area (Å²) < 4.78 is 0. The third kappa shape index (κ3) is 4.17. The number of unbranched alkanes of at least 4 members (excludes halogenated alkanes) is 1. The molecule has 0 atom stereocenters. The van der Waals surface area contributed by atoms with Crippen LogP contribution < -0.4 is 5.32 Å². The predicted molar refractivity (Wildman–Crippen MR) is 59.7 cm³/mol. The highest BCUT2D eigenvalue weighted by Gasteiger charge is 1.99. The van der Waals surface area contributed by atoms with Gasteiger partial charge < -0.3 is 10.4 Å². The van der Waals surface area contributed by atoms with Crippen molar-refractivity contribution in [2.24, 2.45) is 0 Å². The summed E-state index contributed by atoms with van der Waals surface area (Å²) in [6.07, 6.45) is 3.01. The van der Waals surface area contributed by atoms with Gasteiger partial charge in [0.2, 0.25) is 0 Å². The number of nitrogens with one attached hydrogen (secondary N) is 1. The number of nitrogens with zero attached hydrogens (tertiary/aromatic N) is 1. The summed E-state index contributed by atoms with van der Waals surface area (Å²) in [5.41, 5.74) is 3.06. The smallest absolute Gasteiger partial charge is 0.0797 e. The largest absolute Gasteiger partial charge is 0.396 e. The van der Waals surface area contributed by atoms with E-state index in [1.54, 1.807) is 11.3 Å². The standard InChI is InChI=1S/C10H18N2OS/c1-9-10(14-8-12-9)4-6-11-5-2-3-7-13/h8,11,13H,2-7H2,1H3. The minimum absolute atomic E-state index is 0.301. The average Bonchev–Trinajstić information content (AvgIpc) is 2.58. The molecule has 0 bridgehead atoms. The van der Waals surface area contributed by atoms with Crippen molar-refractivity contribution in [3.05, 3.63) is 16.1 Å². The molecule has 14 heavy (non-hydrogen) atoms. The second-order valence-corrected chi connectivity index (χ2v) is 4.23. The van der Waals surface area contributed by atoms with Crippen LogP contribution in [0.3, 0.4) is 0 Å². The molecule has 1 aromatic rings. The highest BCUT2D eigenvalue weighted by molar-refractivity contribution is 7.09. The Morgan fingerprint density at radius 1 is 1.43 bits per heavy atom. The molecule has 1 rings (SSSR count). The van der Waals surface area contributed by atoms with Gasteiger partial charge in [-0.2, -0.15) is 0 Å².